The van der Waals surface area contributed by atoms with E-state index in [2.05, 4.69) is 37.4 Å². The first kappa shape index (κ1) is 25.6. The van der Waals surface area contributed by atoms with E-state index in [9.17, 15) is 9.59 Å². The van der Waals surface area contributed by atoms with Gasteiger partial charge in [-0.1, -0.05) is 72.8 Å². The van der Waals surface area contributed by atoms with Crippen LogP contribution in [0.4, 0.5) is 0 Å². The molecule has 2 amide bonds. The second-order valence-corrected chi connectivity index (χ2v) is 10.5. The first-order valence-electron chi connectivity index (χ1n) is 11.8. The van der Waals surface area contributed by atoms with Gasteiger partial charge >= 0.3 is 0 Å². The molecule has 2 aromatic rings. The lowest BCUT2D eigenvalue weighted by Gasteiger charge is -2.31. The Kier molecular flexibility index (Phi) is 9.69. The Bertz CT molecular complexity index is 921. The highest BCUT2D eigenvalue weighted by molar-refractivity contribution is 7.99. The van der Waals surface area contributed by atoms with Gasteiger partial charge in [-0.05, 0) is 56.4 Å². The first-order valence-corrected chi connectivity index (χ1v) is 13.4. The average Bonchev–Trinajstić information content (AvgIpc) is 3.27. The predicted molar refractivity (Wildman–Crippen MR) is 139 cm³/mol. The third-order valence-electron chi connectivity index (χ3n) is 6.13. The van der Waals surface area contributed by atoms with Gasteiger partial charge in [0.1, 0.15) is 6.04 Å². The molecular weight excluding hydrogens is 452 g/mol. The molecule has 1 aliphatic carbocycles. The van der Waals surface area contributed by atoms with E-state index in [-0.39, 0.29) is 17.9 Å². The van der Waals surface area contributed by atoms with Gasteiger partial charge < -0.3 is 10.2 Å². The summed E-state index contributed by atoms with van der Waals surface area (Å²) in [6.45, 7) is 6.56. The van der Waals surface area contributed by atoms with Crippen molar-refractivity contribution >= 4 is 35.2 Å². The lowest BCUT2D eigenvalue weighted by atomic mass is 10.1. The lowest BCUT2D eigenvalue weighted by Crippen LogP contribution is -2.51. The number of carbonyl (C=O) groups excluding carboxylic acids is 2. The van der Waals surface area contributed by atoms with E-state index in [1.807, 2.05) is 31.2 Å². The van der Waals surface area contributed by atoms with Crippen LogP contribution >= 0.6 is 23.4 Å². The van der Waals surface area contributed by atoms with Crippen LogP contribution in [-0.4, -0.2) is 34.6 Å². The molecule has 0 heterocycles. The third-order valence-corrected chi connectivity index (χ3v) is 7.37. The monoisotopic (exact) mass is 486 g/mol. The molecule has 1 N–H and O–H groups in total. The summed E-state index contributed by atoms with van der Waals surface area (Å²) in [6.07, 6.45) is 4.95. The fourth-order valence-corrected chi connectivity index (χ4v) is 5.54. The van der Waals surface area contributed by atoms with Crippen molar-refractivity contribution in [3.8, 4) is 0 Å². The van der Waals surface area contributed by atoms with E-state index in [1.54, 1.807) is 16.7 Å². The highest BCUT2D eigenvalue weighted by Gasteiger charge is 2.30. The van der Waals surface area contributed by atoms with Gasteiger partial charge in [-0.3, -0.25) is 9.59 Å². The van der Waals surface area contributed by atoms with Crippen LogP contribution in [-0.2, 0) is 21.9 Å². The van der Waals surface area contributed by atoms with Gasteiger partial charge in [0, 0.05) is 23.4 Å². The minimum Gasteiger partial charge on any atom is -0.352 e. The Balaban J connectivity index is 1.70. The number of nitrogens with zero attached hydrogens (tertiary/aromatic N) is 1. The number of amides is 2. The van der Waals surface area contributed by atoms with Gasteiger partial charge in [0.15, 0.2) is 0 Å². The largest absolute Gasteiger partial charge is 0.352 e. The second kappa shape index (κ2) is 12.5. The molecule has 0 aliphatic heterocycles. The highest BCUT2D eigenvalue weighted by atomic mass is 35.5. The number of thioether (sulfide) groups is 1. The second-order valence-electron chi connectivity index (χ2n) is 9.05. The Labute approximate surface area is 207 Å². The van der Waals surface area contributed by atoms with Crippen molar-refractivity contribution in [2.45, 2.75) is 77.3 Å². The summed E-state index contributed by atoms with van der Waals surface area (Å²) in [4.78, 5) is 28.3. The molecule has 1 fully saturated rings. The fraction of sp³-hybridized carbons (Fsp3) is 0.481. The Morgan fingerprint density at radius 1 is 1.06 bits per heavy atom. The summed E-state index contributed by atoms with van der Waals surface area (Å²) in [7, 11) is 0. The van der Waals surface area contributed by atoms with E-state index >= 15 is 0 Å². The van der Waals surface area contributed by atoms with Crippen LogP contribution in [0.1, 0.15) is 61.3 Å². The third kappa shape index (κ3) is 7.79. The zero-order valence-corrected chi connectivity index (χ0v) is 21.5. The topological polar surface area (TPSA) is 49.4 Å². The van der Waals surface area contributed by atoms with Gasteiger partial charge in [-0.25, -0.2) is 0 Å². The summed E-state index contributed by atoms with van der Waals surface area (Å²) in [5.74, 6) is 1.07. The van der Waals surface area contributed by atoms with E-state index in [4.69, 9.17) is 11.6 Å². The van der Waals surface area contributed by atoms with E-state index in [0.717, 1.165) is 37.0 Å². The normalized spacial score (nSPS) is 14.8. The molecule has 0 bridgehead atoms. The zero-order chi connectivity index (χ0) is 23.8. The van der Waals surface area contributed by atoms with E-state index < -0.39 is 6.04 Å². The van der Waals surface area contributed by atoms with Crippen molar-refractivity contribution < 1.29 is 9.59 Å². The lowest BCUT2D eigenvalue weighted by molar-refractivity contribution is -0.139. The van der Waals surface area contributed by atoms with Gasteiger partial charge in [-0.15, -0.1) is 11.8 Å². The molecule has 1 saturated carbocycles. The van der Waals surface area contributed by atoms with Crippen molar-refractivity contribution in [3.05, 3.63) is 69.7 Å². The fourth-order valence-electron chi connectivity index (χ4n) is 4.56. The quantitative estimate of drug-likeness (QED) is 0.444. The molecule has 4 nitrogen and oxygen atoms in total. The molecule has 6 heteroatoms. The Hall–Kier alpha value is -1.98. The molecule has 0 saturated heterocycles. The summed E-state index contributed by atoms with van der Waals surface area (Å²) in [6, 6.07) is 13.7. The average molecular weight is 487 g/mol. The van der Waals surface area contributed by atoms with Crippen molar-refractivity contribution in [1.82, 2.24) is 10.2 Å². The molecule has 0 unspecified atom stereocenters. The molecule has 0 spiro atoms. The van der Waals surface area contributed by atoms with E-state index in [1.165, 1.54) is 16.7 Å². The number of nitrogens with one attached hydrogen (secondary N) is 1. The summed E-state index contributed by atoms with van der Waals surface area (Å²) >= 11 is 7.65. The Morgan fingerprint density at radius 3 is 2.30 bits per heavy atom. The molecule has 178 valence electrons. The smallest absolute Gasteiger partial charge is 0.243 e. The molecule has 1 aliphatic rings. The minimum absolute atomic E-state index is 0.00672. The van der Waals surface area contributed by atoms with Crippen LogP contribution in [0, 0.1) is 13.8 Å². The number of hydrogen-bond acceptors (Lipinski definition) is 3. The van der Waals surface area contributed by atoms with Gasteiger partial charge in [0.2, 0.25) is 11.8 Å². The number of carbonyl (C=O) groups is 2. The summed E-state index contributed by atoms with van der Waals surface area (Å²) in [5.41, 5.74) is 4.66. The number of rotatable bonds is 10. The maximum Gasteiger partial charge on any atom is 0.243 e. The van der Waals surface area contributed by atoms with Crippen molar-refractivity contribution in [3.63, 3.8) is 0 Å². The maximum atomic E-state index is 13.4. The summed E-state index contributed by atoms with van der Waals surface area (Å²) < 4.78 is 0. The molecular formula is C27H35ClN2O2S. The summed E-state index contributed by atoms with van der Waals surface area (Å²) in [5, 5.41) is 3.85. The molecule has 0 aromatic heterocycles. The van der Waals surface area contributed by atoms with Crippen LogP contribution in [0.15, 0.2) is 42.5 Å². The van der Waals surface area contributed by atoms with Crippen LogP contribution in [0.25, 0.3) is 0 Å². The molecule has 0 radical (unpaired) electrons. The SMILES string of the molecule is CC[C@@H](C(=O)NC1CCCC1)N(Cc1ccc(Cl)cc1)C(=O)CSCc1cc(C)cc(C)c1. The van der Waals surface area contributed by atoms with Gasteiger partial charge in [0.05, 0.1) is 5.75 Å². The first-order chi connectivity index (χ1) is 15.9. The molecule has 3 rings (SSSR count). The van der Waals surface area contributed by atoms with Gasteiger partial charge in [0.25, 0.3) is 0 Å². The van der Waals surface area contributed by atoms with E-state index in [0.29, 0.717) is 23.7 Å². The number of aryl methyl sites for hydroxylation is 2. The standard InChI is InChI=1S/C27H35ClN2O2S/c1-4-25(27(32)29-24-7-5-6-8-24)30(16-21-9-11-23(28)12-10-21)26(31)18-33-17-22-14-19(2)13-20(3)15-22/h9-15,24-25H,4-8,16-18H2,1-3H3,(H,29,32)/t25-/m0/s1. The Morgan fingerprint density at radius 2 is 1.70 bits per heavy atom. The van der Waals surface area contributed by atoms with Crippen LogP contribution in [0.3, 0.4) is 0 Å². The molecule has 33 heavy (non-hydrogen) atoms. The highest BCUT2D eigenvalue weighted by Crippen LogP contribution is 2.21. The molecule has 1 atom stereocenters. The number of halogens is 1. The zero-order valence-electron chi connectivity index (χ0n) is 19.9. The maximum absolute atomic E-state index is 13.4. The van der Waals surface area contributed by atoms with Crippen molar-refractivity contribution in [2.24, 2.45) is 0 Å². The predicted octanol–water partition coefficient (Wildman–Crippen LogP) is 6.06. The van der Waals surface area contributed by atoms with Gasteiger partial charge in [-0.2, -0.15) is 0 Å². The number of hydrogen-bond donors (Lipinski definition) is 1. The van der Waals surface area contributed by atoms with Crippen LogP contribution in [0.5, 0.6) is 0 Å². The van der Waals surface area contributed by atoms with Crippen molar-refractivity contribution in [2.75, 3.05) is 5.75 Å². The van der Waals surface area contributed by atoms with Crippen LogP contribution in [0.2, 0.25) is 5.02 Å². The minimum atomic E-state index is -0.476. The van der Waals surface area contributed by atoms with Crippen LogP contribution < -0.4 is 5.32 Å². The number of benzene rings is 2. The molecule has 2 aromatic carbocycles. The van der Waals surface area contributed by atoms with Crippen molar-refractivity contribution in [1.29, 1.82) is 0 Å².